The predicted molar refractivity (Wildman–Crippen MR) is 89.5 cm³/mol. The lowest BCUT2D eigenvalue weighted by molar-refractivity contribution is -0.121. The molecule has 1 amide bonds. The van der Waals surface area contributed by atoms with Gasteiger partial charge in [-0.15, -0.1) is 0 Å². The summed E-state index contributed by atoms with van der Waals surface area (Å²) in [6.07, 6.45) is 0.716. The molecular weight excluding hydrogens is 314 g/mol. The number of hydrogen-bond acceptors (Lipinski definition) is 3. The Balaban J connectivity index is 1.93. The molecule has 0 aliphatic carbocycles. The maximum atomic E-state index is 12.2. The molecule has 0 bridgehead atoms. The van der Waals surface area contributed by atoms with Gasteiger partial charge in [-0.05, 0) is 31.0 Å². The number of ketones is 1. The fourth-order valence-corrected chi connectivity index (χ4v) is 2.88. The van der Waals surface area contributed by atoms with Crippen molar-refractivity contribution in [2.75, 3.05) is 18.1 Å². The van der Waals surface area contributed by atoms with Gasteiger partial charge in [0.1, 0.15) is 0 Å². The van der Waals surface area contributed by atoms with Crippen LogP contribution in [-0.2, 0) is 11.2 Å². The maximum absolute atomic E-state index is 12.2. The van der Waals surface area contributed by atoms with Crippen molar-refractivity contribution in [3.8, 4) is 5.75 Å². The van der Waals surface area contributed by atoms with Crippen LogP contribution in [-0.4, -0.2) is 24.8 Å². The van der Waals surface area contributed by atoms with Crippen LogP contribution in [0.4, 0.5) is 5.69 Å². The fourth-order valence-electron chi connectivity index (χ4n) is 2.67. The minimum absolute atomic E-state index is 0.0658. The molecular formula is C18H16ClNO3. The van der Waals surface area contributed by atoms with E-state index in [0.29, 0.717) is 35.0 Å². The number of Topliss-reactive ketones (excluding diaryl/α,β-unsaturated/α-hetero) is 1. The predicted octanol–water partition coefficient (Wildman–Crippen LogP) is 3.51. The zero-order chi connectivity index (χ0) is 16.4. The lowest BCUT2D eigenvalue weighted by Gasteiger charge is -2.30. The zero-order valence-electron chi connectivity index (χ0n) is 12.7. The summed E-state index contributed by atoms with van der Waals surface area (Å²) in [5.74, 6) is 0.167. The first-order valence-corrected chi connectivity index (χ1v) is 7.75. The van der Waals surface area contributed by atoms with Crippen molar-refractivity contribution in [1.82, 2.24) is 0 Å². The Kier molecular flexibility index (Phi) is 4.35. The third-order valence-corrected chi connectivity index (χ3v) is 4.03. The summed E-state index contributed by atoms with van der Waals surface area (Å²) in [5, 5.41) is 0.414. The van der Waals surface area contributed by atoms with Gasteiger partial charge in [0.25, 0.3) is 5.91 Å². The van der Waals surface area contributed by atoms with Gasteiger partial charge < -0.3 is 9.64 Å². The highest BCUT2D eigenvalue weighted by Gasteiger charge is 2.29. The molecule has 1 aliphatic rings. The van der Waals surface area contributed by atoms with Gasteiger partial charge in [-0.3, -0.25) is 9.59 Å². The zero-order valence-corrected chi connectivity index (χ0v) is 13.5. The van der Waals surface area contributed by atoms with Crippen molar-refractivity contribution < 1.29 is 14.3 Å². The van der Waals surface area contributed by atoms with Crippen LogP contribution in [0.2, 0.25) is 5.02 Å². The summed E-state index contributed by atoms with van der Waals surface area (Å²) in [4.78, 5) is 25.7. The molecule has 4 nitrogen and oxygen atoms in total. The molecule has 1 aliphatic heterocycles. The average molecular weight is 330 g/mol. The largest absolute Gasteiger partial charge is 0.481 e. The monoisotopic (exact) mass is 329 g/mol. The first-order valence-electron chi connectivity index (χ1n) is 7.38. The fraction of sp³-hybridized carbons (Fsp3) is 0.222. The number of halogens is 1. The number of amides is 1. The lowest BCUT2D eigenvalue weighted by atomic mass is 10.1. The Bertz CT molecular complexity index is 758. The minimum atomic E-state index is -0.138. The topological polar surface area (TPSA) is 46.6 Å². The number of ether oxygens (including phenoxy) is 1. The molecule has 0 N–H and O–H groups in total. The van der Waals surface area contributed by atoms with Crippen molar-refractivity contribution in [3.63, 3.8) is 0 Å². The summed E-state index contributed by atoms with van der Waals surface area (Å²) in [6.45, 7) is 1.90. The first-order chi connectivity index (χ1) is 11.1. The summed E-state index contributed by atoms with van der Waals surface area (Å²) >= 11 is 6.11. The second-order valence-electron chi connectivity index (χ2n) is 5.43. The minimum Gasteiger partial charge on any atom is -0.481 e. The molecule has 0 fully saturated rings. The molecule has 0 spiro atoms. The number of nitrogens with zero attached hydrogens (tertiary/aromatic N) is 1. The van der Waals surface area contributed by atoms with E-state index in [9.17, 15) is 9.59 Å². The van der Waals surface area contributed by atoms with Crippen molar-refractivity contribution >= 4 is 29.0 Å². The number of fused-ring (bicyclic) bond motifs is 1. The molecule has 2 aromatic carbocycles. The second-order valence-corrected chi connectivity index (χ2v) is 5.86. The van der Waals surface area contributed by atoms with Crippen molar-refractivity contribution in [2.24, 2.45) is 0 Å². The van der Waals surface area contributed by atoms with E-state index in [4.69, 9.17) is 16.3 Å². The van der Waals surface area contributed by atoms with E-state index in [0.717, 1.165) is 5.56 Å². The van der Waals surface area contributed by atoms with Gasteiger partial charge >= 0.3 is 0 Å². The number of carbonyl (C=O) groups excluding carboxylic acids is 2. The van der Waals surface area contributed by atoms with Crippen molar-refractivity contribution in [1.29, 1.82) is 0 Å². The Hall–Kier alpha value is -2.33. The summed E-state index contributed by atoms with van der Waals surface area (Å²) in [6, 6.07) is 13.2. The molecule has 0 unspecified atom stereocenters. The molecule has 0 atom stereocenters. The van der Waals surface area contributed by atoms with E-state index < -0.39 is 0 Å². The maximum Gasteiger partial charge on any atom is 0.265 e. The standard InChI is InChI=1S/C18H16ClNO3/c1-12(21)15-9-14(19)10-16-18(15)23-11-17(22)20(16)8-7-13-5-3-2-4-6-13/h2-6,9-10H,7-8,11H2,1H3. The van der Waals surface area contributed by atoms with Gasteiger partial charge in [-0.2, -0.15) is 0 Å². The van der Waals surface area contributed by atoms with Crippen molar-refractivity contribution in [2.45, 2.75) is 13.3 Å². The van der Waals surface area contributed by atoms with Crippen LogP contribution in [0.15, 0.2) is 42.5 Å². The highest BCUT2D eigenvalue weighted by Crippen LogP contribution is 2.38. The van der Waals surface area contributed by atoms with Crippen molar-refractivity contribution in [3.05, 3.63) is 58.6 Å². The molecule has 3 rings (SSSR count). The number of anilines is 1. The molecule has 0 saturated heterocycles. The Morgan fingerprint density at radius 3 is 2.70 bits per heavy atom. The lowest BCUT2D eigenvalue weighted by Crippen LogP contribution is -2.40. The van der Waals surface area contributed by atoms with Crippen LogP contribution in [0, 0.1) is 0 Å². The van der Waals surface area contributed by atoms with Gasteiger partial charge in [0.05, 0.1) is 11.3 Å². The number of benzene rings is 2. The third-order valence-electron chi connectivity index (χ3n) is 3.81. The van der Waals surface area contributed by atoms with Crippen LogP contribution in [0.3, 0.4) is 0 Å². The highest BCUT2D eigenvalue weighted by atomic mass is 35.5. The molecule has 2 aromatic rings. The molecule has 23 heavy (non-hydrogen) atoms. The second kappa shape index (κ2) is 6.42. The molecule has 0 saturated carbocycles. The summed E-state index contributed by atoms with van der Waals surface area (Å²) in [5.41, 5.74) is 2.11. The molecule has 0 aromatic heterocycles. The smallest absolute Gasteiger partial charge is 0.265 e. The van der Waals surface area contributed by atoms with Gasteiger partial charge in [0, 0.05) is 11.6 Å². The Labute approximate surface area is 139 Å². The van der Waals surface area contributed by atoms with Crippen LogP contribution in [0.25, 0.3) is 0 Å². The SMILES string of the molecule is CC(=O)c1cc(Cl)cc2c1OCC(=O)N2CCc1ccccc1. The van der Waals surface area contributed by atoms with Crippen LogP contribution < -0.4 is 9.64 Å². The quantitative estimate of drug-likeness (QED) is 0.806. The van der Waals surface area contributed by atoms with Crippen LogP contribution in [0.5, 0.6) is 5.75 Å². The van der Waals surface area contributed by atoms with E-state index in [2.05, 4.69) is 0 Å². The van der Waals surface area contributed by atoms with Gasteiger partial charge in [0.2, 0.25) is 0 Å². The third kappa shape index (κ3) is 3.22. The van der Waals surface area contributed by atoms with E-state index in [1.165, 1.54) is 6.92 Å². The highest BCUT2D eigenvalue weighted by molar-refractivity contribution is 6.31. The van der Waals surface area contributed by atoms with E-state index in [1.807, 2.05) is 30.3 Å². The molecule has 118 valence electrons. The van der Waals surface area contributed by atoms with E-state index >= 15 is 0 Å². The van der Waals surface area contributed by atoms with E-state index in [1.54, 1.807) is 17.0 Å². The Morgan fingerprint density at radius 1 is 1.26 bits per heavy atom. The number of rotatable bonds is 4. The van der Waals surface area contributed by atoms with Gasteiger partial charge in [-0.1, -0.05) is 41.9 Å². The molecule has 0 radical (unpaired) electrons. The first kappa shape index (κ1) is 15.6. The number of hydrogen-bond donors (Lipinski definition) is 0. The number of carbonyl (C=O) groups is 2. The normalized spacial score (nSPS) is 13.5. The molecule has 1 heterocycles. The Morgan fingerprint density at radius 2 is 2.00 bits per heavy atom. The van der Waals surface area contributed by atoms with Crippen LogP contribution in [0.1, 0.15) is 22.8 Å². The van der Waals surface area contributed by atoms with E-state index in [-0.39, 0.29) is 18.3 Å². The summed E-state index contributed by atoms with van der Waals surface area (Å²) in [7, 11) is 0. The average Bonchev–Trinajstić information content (AvgIpc) is 2.54. The van der Waals surface area contributed by atoms with Crippen LogP contribution >= 0.6 is 11.6 Å². The van der Waals surface area contributed by atoms with Gasteiger partial charge in [-0.25, -0.2) is 0 Å². The van der Waals surface area contributed by atoms with Gasteiger partial charge in [0.15, 0.2) is 18.1 Å². The summed E-state index contributed by atoms with van der Waals surface area (Å²) < 4.78 is 5.49. The molecule has 5 heteroatoms.